The third kappa shape index (κ3) is 3.79. The molecular weight excluding hydrogens is 432 g/mol. The number of benzene rings is 1. The highest BCUT2D eigenvalue weighted by atomic mass is 35.5. The molecule has 9 nitrogen and oxygen atoms in total. The second kappa shape index (κ2) is 7.54. The molecule has 4 rings (SSSR count). The van der Waals surface area contributed by atoms with Gasteiger partial charge in [0.15, 0.2) is 0 Å². The summed E-state index contributed by atoms with van der Waals surface area (Å²) in [4.78, 5) is 33.0. The van der Waals surface area contributed by atoms with E-state index in [1.165, 1.54) is 29.7 Å². The van der Waals surface area contributed by atoms with E-state index >= 15 is 0 Å². The monoisotopic (exact) mass is 446 g/mol. The zero-order chi connectivity index (χ0) is 21.5. The van der Waals surface area contributed by atoms with Gasteiger partial charge in [0, 0.05) is 17.8 Å². The van der Waals surface area contributed by atoms with Crippen molar-refractivity contribution in [2.24, 2.45) is 4.99 Å². The lowest BCUT2D eigenvalue weighted by molar-refractivity contribution is -0.146. The van der Waals surface area contributed by atoms with Gasteiger partial charge >= 0.3 is 5.97 Å². The molecular formula is C19H15ClN4O5S. The first-order valence-electron chi connectivity index (χ1n) is 8.79. The molecule has 0 aliphatic carbocycles. The molecule has 1 N–H and O–H groups in total. The predicted octanol–water partition coefficient (Wildman–Crippen LogP) is 1.52. The smallest absolute Gasteiger partial charge is 0.331 e. The molecule has 0 bridgehead atoms. The van der Waals surface area contributed by atoms with Gasteiger partial charge in [-0.2, -0.15) is 0 Å². The lowest BCUT2D eigenvalue weighted by Gasteiger charge is -2.09. The lowest BCUT2D eigenvalue weighted by Crippen LogP contribution is -2.27. The molecule has 1 atom stereocenters. The number of hydrogen-bond donors (Lipinski definition) is 1. The van der Waals surface area contributed by atoms with Crippen LogP contribution < -0.4 is 10.3 Å². The van der Waals surface area contributed by atoms with Crippen LogP contribution in [0.3, 0.4) is 0 Å². The highest BCUT2D eigenvalue weighted by molar-refractivity contribution is 7.90. The molecule has 154 valence electrons. The summed E-state index contributed by atoms with van der Waals surface area (Å²) in [7, 11) is -3.70. The molecule has 1 aromatic carbocycles. The average molecular weight is 447 g/mol. The van der Waals surface area contributed by atoms with Gasteiger partial charge in [0.1, 0.15) is 24.1 Å². The molecule has 11 heteroatoms. The Kier molecular flexibility index (Phi) is 5.04. The SMILES string of the molecule is C[C@H](N=C1NS(=O)(=O)c2ccccc21)C(=O)OCc1cc(=O)n2cc(Cl)ccc2n1. The summed E-state index contributed by atoms with van der Waals surface area (Å²) in [5.74, 6) is -0.613. The third-order valence-electron chi connectivity index (χ3n) is 4.37. The molecule has 0 unspecified atom stereocenters. The summed E-state index contributed by atoms with van der Waals surface area (Å²) in [6.45, 7) is 1.25. The van der Waals surface area contributed by atoms with Crippen molar-refractivity contribution in [2.45, 2.75) is 24.5 Å². The van der Waals surface area contributed by atoms with Crippen LogP contribution >= 0.6 is 11.6 Å². The fraction of sp³-hybridized carbons (Fsp3) is 0.158. The standard InChI is InChI=1S/C19H15ClN4O5S/c1-11(21-18-14-4-2-3-5-15(14)30(27,28)23-18)19(26)29-10-13-8-17(25)24-9-12(20)6-7-16(24)22-13/h2-9,11H,10H2,1H3,(H,21,23)/t11-/m0/s1. The molecule has 0 amide bonds. The van der Waals surface area contributed by atoms with Crippen molar-refractivity contribution < 1.29 is 17.9 Å². The van der Waals surface area contributed by atoms with Gasteiger partial charge in [0.25, 0.3) is 15.6 Å². The van der Waals surface area contributed by atoms with Crippen LogP contribution in [0.5, 0.6) is 0 Å². The molecule has 1 aliphatic heterocycles. The number of rotatable bonds is 4. The first kappa shape index (κ1) is 20.0. The molecule has 3 heterocycles. The molecule has 2 aromatic heterocycles. The first-order chi connectivity index (χ1) is 14.2. The highest BCUT2D eigenvalue weighted by Gasteiger charge is 2.31. The largest absolute Gasteiger partial charge is 0.458 e. The van der Waals surface area contributed by atoms with Crippen LogP contribution in [0.25, 0.3) is 5.65 Å². The van der Waals surface area contributed by atoms with Crippen LogP contribution in [0.15, 0.2) is 63.3 Å². The van der Waals surface area contributed by atoms with Crippen molar-refractivity contribution in [1.82, 2.24) is 14.1 Å². The Morgan fingerprint density at radius 3 is 2.87 bits per heavy atom. The van der Waals surface area contributed by atoms with E-state index in [2.05, 4.69) is 14.7 Å². The summed E-state index contributed by atoms with van der Waals surface area (Å²) >= 11 is 5.88. The Hall–Kier alpha value is -3.24. The molecule has 0 spiro atoms. The van der Waals surface area contributed by atoms with Crippen molar-refractivity contribution in [1.29, 1.82) is 0 Å². The number of halogens is 1. The number of esters is 1. The predicted molar refractivity (Wildman–Crippen MR) is 109 cm³/mol. The second-order valence-corrected chi connectivity index (χ2v) is 8.61. The van der Waals surface area contributed by atoms with Gasteiger partial charge in [-0.3, -0.25) is 18.9 Å². The lowest BCUT2D eigenvalue weighted by atomic mass is 10.2. The van der Waals surface area contributed by atoms with E-state index in [0.717, 1.165) is 0 Å². The number of sulfonamides is 1. The molecule has 30 heavy (non-hydrogen) atoms. The number of carbonyl (C=O) groups is 1. The van der Waals surface area contributed by atoms with Crippen molar-refractivity contribution in [3.63, 3.8) is 0 Å². The van der Waals surface area contributed by atoms with Crippen LogP contribution in [0.4, 0.5) is 0 Å². The van der Waals surface area contributed by atoms with Gasteiger partial charge in [-0.1, -0.05) is 23.7 Å². The van der Waals surface area contributed by atoms with Crippen LogP contribution in [-0.4, -0.2) is 35.6 Å². The quantitative estimate of drug-likeness (QED) is 0.607. The maximum absolute atomic E-state index is 12.3. The Morgan fingerprint density at radius 1 is 1.30 bits per heavy atom. The van der Waals surface area contributed by atoms with Gasteiger partial charge in [0.2, 0.25) is 0 Å². The summed E-state index contributed by atoms with van der Waals surface area (Å²) < 4.78 is 33.1. The molecule has 0 saturated carbocycles. The number of carbonyl (C=O) groups excluding carboxylic acids is 1. The number of pyridine rings is 1. The van der Waals surface area contributed by atoms with E-state index < -0.39 is 22.0 Å². The number of fused-ring (bicyclic) bond motifs is 2. The van der Waals surface area contributed by atoms with Crippen molar-refractivity contribution >= 4 is 39.1 Å². The maximum Gasteiger partial charge on any atom is 0.331 e. The van der Waals surface area contributed by atoms with E-state index in [4.69, 9.17) is 16.3 Å². The van der Waals surface area contributed by atoms with E-state index in [1.807, 2.05) is 0 Å². The number of aliphatic imine (C=N–C) groups is 1. The Morgan fingerprint density at radius 2 is 2.07 bits per heavy atom. The van der Waals surface area contributed by atoms with Gasteiger partial charge in [-0.25, -0.2) is 18.2 Å². The normalized spacial score (nSPS) is 16.8. The van der Waals surface area contributed by atoms with Gasteiger partial charge < -0.3 is 4.74 Å². The van der Waals surface area contributed by atoms with Gasteiger partial charge in [-0.15, -0.1) is 0 Å². The van der Waals surface area contributed by atoms with Crippen molar-refractivity contribution in [3.05, 3.63) is 75.3 Å². The minimum absolute atomic E-state index is 0.0778. The van der Waals surface area contributed by atoms with E-state index in [-0.39, 0.29) is 28.6 Å². The fourth-order valence-corrected chi connectivity index (χ4v) is 4.34. The first-order valence-corrected chi connectivity index (χ1v) is 10.7. The number of hydrogen-bond acceptors (Lipinski definition) is 7. The molecule has 1 aliphatic rings. The average Bonchev–Trinajstić information content (AvgIpc) is 2.97. The Bertz CT molecular complexity index is 1370. The highest BCUT2D eigenvalue weighted by Crippen LogP contribution is 2.22. The topological polar surface area (TPSA) is 119 Å². The number of ether oxygens (including phenoxy) is 1. The number of nitrogens with one attached hydrogen (secondary N) is 1. The van der Waals surface area contributed by atoms with E-state index in [0.29, 0.717) is 16.2 Å². The maximum atomic E-state index is 12.3. The van der Waals surface area contributed by atoms with E-state index in [9.17, 15) is 18.0 Å². The Labute approximate surface area is 176 Å². The number of aromatic nitrogens is 2. The molecule has 0 fully saturated rings. The number of nitrogens with zero attached hydrogens (tertiary/aromatic N) is 3. The summed E-state index contributed by atoms with van der Waals surface area (Å²) in [5, 5.41) is 0.391. The Balaban J connectivity index is 1.50. The number of amidine groups is 1. The summed E-state index contributed by atoms with van der Waals surface area (Å²) in [5.41, 5.74) is 0.657. The minimum Gasteiger partial charge on any atom is -0.458 e. The van der Waals surface area contributed by atoms with Crippen LogP contribution in [0.2, 0.25) is 5.02 Å². The van der Waals surface area contributed by atoms with Gasteiger partial charge in [-0.05, 0) is 31.2 Å². The van der Waals surface area contributed by atoms with Crippen molar-refractivity contribution in [2.75, 3.05) is 0 Å². The molecule has 0 saturated heterocycles. The zero-order valence-electron chi connectivity index (χ0n) is 15.6. The minimum atomic E-state index is -3.70. The zero-order valence-corrected chi connectivity index (χ0v) is 17.1. The summed E-state index contributed by atoms with van der Waals surface area (Å²) in [6, 6.07) is 9.78. The van der Waals surface area contributed by atoms with Crippen molar-refractivity contribution in [3.8, 4) is 0 Å². The summed E-state index contributed by atoms with van der Waals surface area (Å²) in [6.07, 6.45) is 1.45. The van der Waals surface area contributed by atoms with Crippen LogP contribution in [-0.2, 0) is 26.2 Å². The fourth-order valence-electron chi connectivity index (χ4n) is 2.94. The molecule has 0 radical (unpaired) electrons. The second-order valence-electron chi connectivity index (χ2n) is 6.52. The van der Waals surface area contributed by atoms with Crippen LogP contribution in [0, 0.1) is 0 Å². The third-order valence-corrected chi connectivity index (χ3v) is 5.99. The van der Waals surface area contributed by atoms with Crippen LogP contribution in [0.1, 0.15) is 18.2 Å². The van der Waals surface area contributed by atoms with Gasteiger partial charge in [0.05, 0.1) is 15.6 Å². The van der Waals surface area contributed by atoms with E-state index in [1.54, 1.807) is 30.3 Å². The molecule has 3 aromatic rings.